The molecule has 1 heterocycles. The van der Waals surface area contributed by atoms with E-state index in [9.17, 15) is 9.59 Å². The number of nitrogens with one attached hydrogen (secondary N) is 2. The van der Waals surface area contributed by atoms with E-state index in [1.54, 1.807) is 10.9 Å². The first kappa shape index (κ1) is 20.6. The molecule has 2 amide bonds. The maximum Gasteiger partial charge on any atom is 0.227 e. The fourth-order valence-corrected chi connectivity index (χ4v) is 4.79. The van der Waals surface area contributed by atoms with E-state index in [2.05, 4.69) is 15.7 Å². The van der Waals surface area contributed by atoms with E-state index < -0.39 is 0 Å². The van der Waals surface area contributed by atoms with E-state index in [-0.39, 0.29) is 23.8 Å². The molecule has 0 saturated heterocycles. The topological polar surface area (TPSA) is 76.0 Å². The van der Waals surface area contributed by atoms with Crippen LogP contribution in [0, 0.1) is 11.8 Å². The van der Waals surface area contributed by atoms with Gasteiger partial charge in [-0.1, -0.05) is 37.5 Å². The molecule has 2 aliphatic rings. The largest absolute Gasteiger partial charge is 0.353 e. The van der Waals surface area contributed by atoms with Gasteiger partial charge in [0, 0.05) is 18.4 Å². The highest BCUT2D eigenvalue weighted by Gasteiger charge is 2.28. The van der Waals surface area contributed by atoms with E-state index in [0.717, 1.165) is 31.4 Å². The molecule has 2 aliphatic carbocycles. The predicted octanol–water partition coefficient (Wildman–Crippen LogP) is 4.46. The first-order valence-corrected chi connectivity index (χ1v) is 11.4. The maximum atomic E-state index is 12.7. The summed E-state index contributed by atoms with van der Waals surface area (Å²) in [6, 6.07) is 10.0. The molecule has 6 nitrogen and oxygen atoms in total. The summed E-state index contributed by atoms with van der Waals surface area (Å²) >= 11 is 0. The Hall–Kier alpha value is -2.63. The van der Waals surface area contributed by atoms with Crippen molar-refractivity contribution < 1.29 is 9.59 Å². The Labute approximate surface area is 178 Å². The zero-order valence-electron chi connectivity index (χ0n) is 17.6. The number of carbonyl (C=O) groups is 2. The predicted molar refractivity (Wildman–Crippen MR) is 117 cm³/mol. The fourth-order valence-electron chi connectivity index (χ4n) is 4.79. The molecule has 30 heavy (non-hydrogen) atoms. The molecule has 2 aromatic rings. The van der Waals surface area contributed by atoms with Crippen molar-refractivity contribution in [2.24, 2.45) is 11.8 Å². The van der Waals surface area contributed by atoms with Crippen LogP contribution in [0.3, 0.4) is 0 Å². The van der Waals surface area contributed by atoms with Gasteiger partial charge in [-0.15, -0.1) is 0 Å². The Morgan fingerprint density at radius 3 is 2.43 bits per heavy atom. The number of anilines is 1. The Bertz CT molecular complexity index is 834. The minimum atomic E-state index is -0.00317. The smallest absolute Gasteiger partial charge is 0.227 e. The zero-order chi connectivity index (χ0) is 20.8. The number of rotatable bonds is 6. The lowest BCUT2D eigenvalue weighted by molar-refractivity contribution is -0.123. The van der Waals surface area contributed by atoms with Gasteiger partial charge >= 0.3 is 0 Å². The van der Waals surface area contributed by atoms with Crippen LogP contribution in [0.5, 0.6) is 0 Å². The number of carbonyl (C=O) groups excluding carboxylic acids is 2. The minimum Gasteiger partial charge on any atom is -0.353 e. The van der Waals surface area contributed by atoms with Gasteiger partial charge in [0.15, 0.2) is 0 Å². The van der Waals surface area contributed by atoms with Crippen LogP contribution >= 0.6 is 0 Å². The number of hydrogen-bond donors (Lipinski definition) is 2. The van der Waals surface area contributed by atoms with Crippen molar-refractivity contribution in [1.29, 1.82) is 0 Å². The summed E-state index contributed by atoms with van der Waals surface area (Å²) in [4.78, 5) is 25.0. The number of aromatic nitrogens is 2. The van der Waals surface area contributed by atoms with Crippen molar-refractivity contribution in [1.82, 2.24) is 15.1 Å². The molecular formula is C24H32N4O2. The van der Waals surface area contributed by atoms with E-state index in [1.807, 2.05) is 36.5 Å². The SMILES string of the molecule is O=C(CC1CCCCC1)NC1CCC(C(=O)Nc2cnn(-c3ccccc3)c2)CC1. The Balaban J connectivity index is 1.21. The summed E-state index contributed by atoms with van der Waals surface area (Å²) in [6.07, 6.45) is 13.8. The lowest BCUT2D eigenvalue weighted by Crippen LogP contribution is -2.40. The van der Waals surface area contributed by atoms with Gasteiger partial charge in [-0.2, -0.15) is 5.10 Å². The molecule has 2 N–H and O–H groups in total. The summed E-state index contributed by atoms with van der Waals surface area (Å²) in [5.74, 6) is 0.812. The van der Waals surface area contributed by atoms with Gasteiger partial charge in [-0.05, 0) is 56.6 Å². The molecular weight excluding hydrogens is 376 g/mol. The zero-order valence-corrected chi connectivity index (χ0v) is 17.6. The normalized spacial score (nSPS) is 22.4. The second kappa shape index (κ2) is 9.92. The van der Waals surface area contributed by atoms with Gasteiger partial charge in [0.2, 0.25) is 11.8 Å². The Kier molecular flexibility index (Phi) is 6.82. The van der Waals surface area contributed by atoms with Crippen LogP contribution in [-0.4, -0.2) is 27.6 Å². The van der Waals surface area contributed by atoms with Gasteiger partial charge < -0.3 is 10.6 Å². The van der Waals surface area contributed by atoms with Crippen molar-refractivity contribution in [3.63, 3.8) is 0 Å². The summed E-state index contributed by atoms with van der Waals surface area (Å²) < 4.78 is 1.76. The van der Waals surface area contributed by atoms with E-state index in [0.29, 0.717) is 18.0 Å². The third kappa shape index (κ3) is 5.49. The van der Waals surface area contributed by atoms with Crippen molar-refractivity contribution in [2.75, 3.05) is 5.32 Å². The van der Waals surface area contributed by atoms with Gasteiger partial charge in [0.1, 0.15) is 0 Å². The van der Waals surface area contributed by atoms with Crippen LogP contribution < -0.4 is 10.6 Å². The number of para-hydroxylation sites is 1. The minimum absolute atomic E-state index is 0.00317. The second-order valence-corrected chi connectivity index (χ2v) is 8.82. The highest BCUT2D eigenvalue weighted by molar-refractivity contribution is 5.92. The lowest BCUT2D eigenvalue weighted by Gasteiger charge is -2.29. The molecule has 6 heteroatoms. The van der Waals surface area contributed by atoms with Crippen LogP contribution in [0.15, 0.2) is 42.7 Å². The molecule has 0 atom stereocenters. The van der Waals surface area contributed by atoms with Crippen LogP contribution in [-0.2, 0) is 9.59 Å². The summed E-state index contributed by atoms with van der Waals surface area (Å²) in [5, 5.41) is 10.5. The van der Waals surface area contributed by atoms with E-state index in [4.69, 9.17) is 0 Å². The van der Waals surface area contributed by atoms with Gasteiger partial charge in [-0.3, -0.25) is 9.59 Å². The first-order chi connectivity index (χ1) is 14.7. The van der Waals surface area contributed by atoms with Crippen molar-refractivity contribution in [2.45, 2.75) is 70.3 Å². The molecule has 160 valence electrons. The van der Waals surface area contributed by atoms with Crippen LogP contribution in [0.25, 0.3) is 5.69 Å². The van der Waals surface area contributed by atoms with Gasteiger partial charge in [-0.25, -0.2) is 4.68 Å². The summed E-state index contributed by atoms with van der Waals surface area (Å²) in [5.41, 5.74) is 1.68. The number of benzene rings is 1. The summed E-state index contributed by atoms with van der Waals surface area (Å²) in [7, 11) is 0. The number of nitrogens with zero attached hydrogens (tertiary/aromatic N) is 2. The Morgan fingerprint density at radius 1 is 0.967 bits per heavy atom. The fraction of sp³-hybridized carbons (Fsp3) is 0.542. The molecule has 1 aromatic heterocycles. The molecule has 0 radical (unpaired) electrons. The van der Waals surface area contributed by atoms with Gasteiger partial charge in [0.25, 0.3) is 0 Å². The average molecular weight is 409 g/mol. The molecule has 0 spiro atoms. The second-order valence-electron chi connectivity index (χ2n) is 8.82. The highest BCUT2D eigenvalue weighted by atomic mass is 16.2. The van der Waals surface area contributed by atoms with Crippen LogP contribution in [0.4, 0.5) is 5.69 Å². The molecule has 0 bridgehead atoms. The molecule has 4 rings (SSSR count). The average Bonchev–Trinajstić information content (AvgIpc) is 3.24. The molecule has 0 unspecified atom stereocenters. The molecule has 2 saturated carbocycles. The first-order valence-electron chi connectivity index (χ1n) is 11.4. The highest BCUT2D eigenvalue weighted by Crippen LogP contribution is 2.28. The number of hydrogen-bond acceptors (Lipinski definition) is 3. The summed E-state index contributed by atoms with van der Waals surface area (Å²) in [6.45, 7) is 0. The third-order valence-corrected chi connectivity index (χ3v) is 6.53. The molecule has 0 aliphatic heterocycles. The van der Waals surface area contributed by atoms with Crippen molar-refractivity contribution >= 4 is 17.5 Å². The van der Waals surface area contributed by atoms with Crippen molar-refractivity contribution in [3.05, 3.63) is 42.7 Å². The Morgan fingerprint density at radius 2 is 1.70 bits per heavy atom. The third-order valence-electron chi connectivity index (χ3n) is 6.53. The maximum absolute atomic E-state index is 12.7. The van der Waals surface area contributed by atoms with Crippen molar-refractivity contribution in [3.8, 4) is 5.69 Å². The standard InChI is InChI=1S/C24H32N4O2/c29-23(15-18-7-3-1-4-8-18)26-20-13-11-19(12-14-20)24(30)27-21-16-25-28(17-21)22-9-5-2-6-10-22/h2,5-6,9-10,16-20H,1,3-4,7-8,11-15H2,(H,26,29)(H,27,30). The quantitative estimate of drug-likeness (QED) is 0.741. The lowest BCUT2D eigenvalue weighted by atomic mass is 9.84. The van der Waals surface area contributed by atoms with Gasteiger partial charge in [0.05, 0.1) is 23.8 Å². The van der Waals surface area contributed by atoms with Crippen LogP contribution in [0.2, 0.25) is 0 Å². The molecule has 2 fully saturated rings. The monoisotopic (exact) mass is 408 g/mol. The van der Waals surface area contributed by atoms with E-state index in [1.165, 1.54) is 32.1 Å². The molecule has 1 aromatic carbocycles. The number of amides is 2. The van der Waals surface area contributed by atoms with Crippen LogP contribution in [0.1, 0.15) is 64.2 Å². The van der Waals surface area contributed by atoms with E-state index >= 15 is 0 Å².